The maximum Gasteiger partial charge on any atom is 0.251 e. The maximum atomic E-state index is 12.0. The zero-order chi connectivity index (χ0) is 13.1. The van der Waals surface area contributed by atoms with E-state index in [1.54, 1.807) is 6.07 Å². The number of halogens is 1. The van der Waals surface area contributed by atoms with Crippen LogP contribution >= 0.6 is 11.6 Å². The summed E-state index contributed by atoms with van der Waals surface area (Å²) in [6, 6.07) is 3.42. The number of pyridine rings is 1. The molecule has 6 heteroatoms. The van der Waals surface area contributed by atoms with Crippen molar-refractivity contribution in [3.63, 3.8) is 0 Å². The monoisotopic (exact) mass is 268 g/mol. The van der Waals surface area contributed by atoms with Crippen molar-refractivity contribution in [2.75, 3.05) is 5.43 Å². The first-order valence-corrected chi connectivity index (χ1v) is 6.47. The second-order valence-corrected chi connectivity index (χ2v) is 4.96. The second kappa shape index (κ2) is 5.54. The Bertz CT molecular complexity index is 452. The van der Waals surface area contributed by atoms with Gasteiger partial charge in [-0.25, -0.2) is 10.8 Å². The minimum atomic E-state index is -0.126. The van der Waals surface area contributed by atoms with Gasteiger partial charge in [0.25, 0.3) is 5.91 Å². The van der Waals surface area contributed by atoms with E-state index in [1.807, 2.05) is 0 Å². The van der Waals surface area contributed by atoms with Crippen LogP contribution in [0, 0.1) is 5.92 Å². The normalized spacial score (nSPS) is 21.5. The Balaban J connectivity index is 1.99. The van der Waals surface area contributed by atoms with Crippen LogP contribution in [0.2, 0.25) is 5.15 Å². The van der Waals surface area contributed by atoms with Gasteiger partial charge in [0, 0.05) is 11.6 Å². The van der Waals surface area contributed by atoms with E-state index in [0.29, 0.717) is 23.3 Å². The van der Waals surface area contributed by atoms with Gasteiger partial charge in [-0.15, -0.1) is 0 Å². The van der Waals surface area contributed by atoms with Gasteiger partial charge >= 0.3 is 0 Å². The fourth-order valence-electron chi connectivity index (χ4n) is 2.07. The van der Waals surface area contributed by atoms with Gasteiger partial charge in [-0.1, -0.05) is 24.9 Å². The molecule has 0 saturated heterocycles. The van der Waals surface area contributed by atoms with Crippen LogP contribution in [0.3, 0.4) is 0 Å². The first kappa shape index (κ1) is 13.1. The zero-order valence-corrected chi connectivity index (χ0v) is 11.0. The molecule has 1 saturated carbocycles. The molecule has 1 aromatic rings. The number of carbonyl (C=O) groups excluding carboxylic acids is 1. The molecule has 1 aliphatic rings. The summed E-state index contributed by atoms with van der Waals surface area (Å²) in [7, 11) is 0. The number of amides is 1. The van der Waals surface area contributed by atoms with Crippen molar-refractivity contribution < 1.29 is 4.79 Å². The molecule has 2 atom stereocenters. The summed E-state index contributed by atoms with van der Waals surface area (Å²) < 4.78 is 0. The van der Waals surface area contributed by atoms with Gasteiger partial charge in [0.15, 0.2) is 0 Å². The number of aromatic nitrogens is 1. The number of anilines is 1. The van der Waals surface area contributed by atoms with Crippen molar-refractivity contribution in [3.8, 4) is 0 Å². The molecule has 1 fully saturated rings. The molecule has 0 aromatic carbocycles. The number of nitrogens with one attached hydrogen (secondary N) is 2. The number of carbonyl (C=O) groups is 1. The summed E-state index contributed by atoms with van der Waals surface area (Å²) in [5, 5.41) is 3.24. The highest BCUT2D eigenvalue weighted by Gasteiger charge is 2.37. The lowest BCUT2D eigenvalue weighted by atomic mass is 10.2. The summed E-state index contributed by atoms with van der Waals surface area (Å²) in [6.07, 6.45) is 3.39. The molecule has 2 rings (SSSR count). The lowest BCUT2D eigenvalue weighted by Crippen LogP contribution is -2.27. The Hall–Kier alpha value is -1.33. The highest BCUT2D eigenvalue weighted by Crippen LogP contribution is 2.34. The molecule has 0 aliphatic heterocycles. The van der Waals surface area contributed by atoms with Gasteiger partial charge in [-0.3, -0.25) is 4.79 Å². The molecular formula is C12H17ClN4O. The fraction of sp³-hybridized carbons (Fsp3) is 0.500. The molecule has 18 heavy (non-hydrogen) atoms. The smallest absolute Gasteiger partial charge is 0.251 e. The lowest BCUT2D eigenvalue weighted by molar-refractivity contribution is 0.0949. The summed E-state index contributed by atoms with van der Waals surface area (Å²) >= 11 is 5.82. The second-order valence-electron chi connectivity index (χ2n) is 4.57. The van der Waals surface area contributed by atoms with Gasteiger partial charge in [0.2, 0.25) is 0 Å². The quantitative estimate of drug-likeness (QED) is 0.433. The number of nitrogens with two attached hydrogens (primary N) is 1. The van der Waals surface area contributed by atoms with E-state index in [2.05, 4.69) is 22.7 Å². The number of hydrazine groups is 1. The first-order valence-electron chi connectivity index (χ1n) is 6.09. The minimum Gasteiger partial charge on any atom is -0.349 e. The van der Waals surface area contributed by atoms with E-state index in [4.69, 9.17) is 17.4 Å². The van der Waals surface area contributed by atoms with Gasteiger partial charge in [0.1, 0.15) is 11.0 Å². The molecule has 1 aliphatic carbocycles. The Morgan fingerprint density at radius 3 is 3.06 bits per heavy atom. The molecule has 0 bridgehead atoms. The molecule has 1 aromatic heterocycles. The number of hydrogen-bond donors (Lipinski definition) is 3. The van der Waals surface area contributed by atoms with Crippen LogP contribution < -0.4 is 16.6 Å². The summed E-state index contributed by atoms with van der Waals surface area (Å²) in [4.78, 5) is 15.9. The van der Waals surface area contributed by atoms with Crippen LogP contribution in [0.5, 0.6) is 0 Å². The van der Waals surface area contributed by atoms with Crippen LogP contribution in [-0.4, -0.2) is 16.9 Å². The molecule has 98 valence electrons. The lowest BCUT2D eigenvalue weighted by Gasteiger charge is -2.07. The van der Waals surface area contributed by atoms with Crippen molar-refractivity contribution in [1.29, 1.82) is 0 Å². The largest absolute Gasteiger partial charge is 0.349 e. The van der Waals surface area contributed by atoms with Gasteiger partial charge in [-0.2, -0.15) is 0 Å². The Morgan fingerprint density at radius 2 is 2.39 bits per heavy atom. The number of nitrogen functional groups attached to an aromatic ring is 1. The topological polar surface area (TPSA) is 80.0 Å². The van der Waals surface area contributed by atoms with E-state index >= 15 is 0 Å². The predicted octanol–water partition coefficient (Wildman–Crippen LogP) is 1.94. The van der Waals surface area contributed by atoms with Crippen LogP contribution in [0.4, 0.5) is 5.82 Å². The maximum absolute atomic E-state index is 12.0. The van der Waals surface area contributed by atoms with E-state index in [0.717, 1.165) is 19.3 Å². The predicted molar refractivity (Wildman–Crippen MR) is 71.3 cm³/mol. The van der Waals surface area contributed by atoms with Gasteiger partial charge < -0.3 is 10.7 Å². The molecule has 5 nitrogen and oxygen atoms in total. The van der Waals surface area contributed by atoms with Crippen LogP contribution in [0.1, 0.15) is 36.5 Å². The summed E-state index contributed by atoms with van der Waals surface area (Å²) in [5.41, 5.74) is 2.86. The third-order valence-electron chi connectivity index (χ3n) is 3.10. The fourth-order valence-corrected chi connectivity index (χ4v) is 2.28. The number of nitrogens with zero attached hydrogens (tertiary/aromatic N) is 1. The highest BCUT2D eigenvalue weighted by atomic mass is 35.5. The third-order valence-corrected chi connectivity index (χ3v) is 3.30. The molecular weight excluding hydrogens is 252 g/mol. The molecule has 0 radical (unpaired) electrons. The van der Waals surface area contributed by atoms with Crippen LogP contribution in [0.25, 0.3) is 0 Å². The first-order chi connectivity index (χ1) is 8.63. The van der Waals surface area contributed by atoms with Crippen molar-refractivity contribution in [3.05, 3.63) is 22.8 Å². The Morgan fingerprint density at radius 1 is 1.61 bits per heavy atom. The van der Waals surface area contributed by atoms with Gasteiger partial charge in [0.05, 0.1) is 0 Å². The highest BCUT2D eigenvalue weighted by molar-refractivity contribution is 6.29. The van der Waals surface area contributed by atoms with Crippen molar-refractivity contribution in [2.45, 2.75) is 32.2 Å². The van der Waals surface area contributed by atoms with Gasteiger partial charge in [-0.05, 0) is 30.9 Å². The molecule has 0 spiro atoms. The van der Waals surface area contributed by atoms with Crippen LogP contribution in [-0.2, 0) is 0 Å². The van der Waals surface area contributed by atoms with Crippen molar-refractivity contribution in [2.24, 2.45) is 11.8 Å². The minimum absolute atomic E-state index is 0.126. The third kappa shape index (κ3) is 3.11. The average Bonchev–Trinajstić information content (AvgIpc) is 3.07. The van der Waals surface area contributed by atoms with Crippen molar-refractivity contribution >= 4 is 23.3 Å². The van der Waals surface area contributed by atoms with Crippen LogP contribution in [0.15, 0.2) is 12.1 Å². The molecule has 2 unspecified atom stereocenters. The van der Waals surface area contributed by atoms with E-state index in [-0.39, 0.29) is 11.1 Å². The number of hydrogen-bond acceptors (Lipinski definition) is 4. The Kier molecular flexibility index (Phi) is 4.04. The zero-order valence-electron chi connectivity index (χ0n) is 10.2. The van der Waals surface area contributed by atoms with E-state index in [9.17, 15) is 4.79 Å². The van der Waals surface area contributed by atoms with Crippen molar-refractivity contribution in [1.82, 2.24) is 10.3 Å². The Labute approximate surface area is 111 Å². The standard InChI is InChI=1S/C12H17ClN4O/c1-2-3-7-4-9(7)15-12(18)8-5-10(13)16-11(6-8)17-14/h5-7,9H,2-4,14H2,1H3,(H,15,18)(H,16,17). The number of rotatable bonds is 5. The summed E-state index contributed by atoms with van der Waals surface area (Å²) in [5.74, 6) is 6.15. The molecule has 1 heterocycles. The SMILES string of the molecule is CCCC1CC1NC(=O)c1cc(Cl)nc(NN)c1. The van der Waals surface area contributed by atoms with E-state index in [1.165, 1.54) is 6.07 Å². The average molecular weight is 269 g/mol. The molecule has 4 N–H and O–H groups in total. The van der Waals surface area contributed by atoms with E-state index < -0.39 is 0 Å². The summed E-state index contributed by atoms with van der Waals surface area (Å²) in [6.45, 7) is 2.15. The molecule has 1 amide bonds.